The highest BCUT2D eigenvalue weighted by molar-refractivity contribution is 6.31. The maximum absolute atomic E-state index is 5.94. The predicted octanol–water partition coefficient (Wildman–Crippen LogP) is 5.27. The van der Waals surface area contributed by atoms with Gasteiger partial charge >= 0.3 is 0 Å². The molecule has 22 heavy (non-hydrogen) atoms. The lowest BCUT2D eigenvalue weighted by atomic mass is 10.3. The van der Waals surface area contributed by atoms with Crippen LogP contribution in [0.5, 0.6) is 0 Å². The molecule has 0 aliphatic rings. The number of anilines is 4. The monoisotopic (exact) mass is 330 g/mol. The zero-order valence-corrected chi connectivity index (χ0v) is 12.9. The first-order chi connectivity index (χ1) is 10.7. The van der Waals surface area contributed by atoms with Crippen molar-refractivity contribution in [2.24, 2.45) is 0 Å². The summed E-state index contributed by atoms with van der Waals surface area (Å²) in [7, 11) is 0. The van der Waals surface area contributed by atoms with E-state index in [1.807, 2.05) is 60.7 Å². The topological polar surface area (TPSA) is 49.8 Å². The molecule has 0 atom stereocenters. The van der Waals surface area contributed by atoms with Gasteiger partial charge in [0.15, 0.2) is 11.6 Å². The van der Waals surface area contributed by atoms with Gasteiger partial charge in [0.1, 0.15) is 0 Å². The van der Waals surface area contributed by atoms with E-state index in [4.69, 9.17) is 23.2 Å². The summed E-state index contributed by atoms with van der Waals surface area (Å²) in [5, 5.41) is 15.8. The zero-order chi connectivity index (χ0) is 15.4. The molecule has 2 N–H and O–H groups in total. The van der Waals surface area contributed by atoms with Crippen molar-refractivity contribution in [3.05, 3.63) is 70.7 Å². The molecule has 0 saturated heterocycles. The van der Waals surface area contributed by atoms with Crippen molar-refractivity contribution >= 4 is 46.2 Å². The lowest BCUT2D eigenvalue weighted by molar-refractivity contribution is 1.04. The third-order valence-corrected chi connectivity index (χ3v) is 3.33. The summed E-state index contributed by atoms with van der Waals surface area (Å²) in [5.74, 6) is 1.28. The van der Waals surface area contributed by atoms with Gasteiger partial charge < -0.3 is 10.6 Å². The van der Waals surface area contributed by atoms with E-state index in [0.717, 1.165) is 11.4 Å². The molecular formula is C16H12Cl2N4. The number of benzene rings is 2. The van der Waals surface area contributed by atoms with Gasteiger partial charge in [-0.15, -0.1) is 10.2 Å². The number of hydrogen-bond acceptors (Lipinski definition) is 4. The van der Waals surface area contributed by atoms with Gasteiger partial charge in [-0.1, -0.05) is 35.3 Å². The van der Waals surface area contributed by atoms with Crippen molar-refractivity contribution in [1.29, 1.82) is 0 Å². The van der Waals surface area contributed by atoms with Crippen LogP contribution in [0.25, 0.3) is 0 Å². The van der Waals surface area contributed by atoms with E-state index in [0.29, 0.717) is 21.7 Å². The smallest absolute Gasteiger partial charge is 0.153 e. The predicted molar refractivity (Wildman–Crippen MR) is 91.5 cm³/mol. The van der Waals surface area contributed by atoms with Crippen LogP contribution in [0.2, 0.25) is 10.0 Å². The quantitative estimate of drug-likeness (QED) is 0.684. The van der Waals surface area contributed by atoms with Gasteiger partial charge in [0.05, 0.1) is 0 Å². The van der Waals surface area contributed by atoms with Crippen LogP contribution in [0.3, 0.4) is 0 Å². The van der Waals surface area contributed by atoms with Crippen molar-refractivity contribution < 1.29 is 0 Å². The minimum atomic E-state index is 0.638. The second kappa shape index (κ2) is 6.64. The highest BCUT2D eigenvalue weighted by atomic mass is 35.5. The molecule has 0 amide bonds. The molecule has 110 valence electrons. The third-order valence-electron chi connectivity index (χ3n) is 2.86. The average molecular weight is 331 g/mol. The third kappa shape index (κ3) is 3.87. The highest BCUT2D eigenvalue weighted by Gasteiger charge is 2.01. The van der Waals surface area contributed by atoms with Crippen molar-refractivity contribution in [2.45, 2.75) is 0 Å². The molecule has 0 aliphatic heterocycles. The van der Waals surface area contributed by atoms with Crippen LogP contribution in [0.15, 0.2) is 60.7 Å². The Morgan fingerprint density at radius 2 is 1.09 bits per heavy atom. The normalized spacial score (nSPS) is 10.3. The molecule has 3 aromatic rings. The fourth-order valence-corrected chi connectivity index (χ4v) is 2.27. The number of halogens is 2. The van der Waals surface area contributed by atoms with Crippen LogP contribution < -0.4 is 10.6 Å². The Bertz CT molecular complexity index is 709. The van der Waals surface area contributed by atoms with Gasteiger partial charge in [-0.3, -0.25) is 0 Å². The van der Waals surface area contributed by atoms with E-state index in [1.165, 1.54) is 0 Å². The molecule has 0 unspecified atom stereocenters. The number of rotatable bonds is 4. The van der Waals surface area contributed by atoms with E-state index >= 15 is 0 Å². The van der Waals surface area contributed by atoms with E-state index in [2.05, 4.69) is 20.8 Å². The number of hydrogen-bond donors (Lipinski definition) is 2. The molecular weight excluding hydrogens is 319 g/mol. The Hall–Kier alpha value is -2.30. The molecule has 1 aromatic heterocycles. The lowest BCUT2D eigenvalue weighted by Crippen LogP contribution is -1.99. The van der Waals surface area contributed by atoms with Gasteiger partial charge in [0.25, 0.3) is 0 Å². The minimum absolute atomic E-state index is 0.638. The molecule has 2 aromatic carbocycles. The Kier molecular flexibility index (Phi) is 4.42. The molecule has 6 heteroatoms. The SMILES string of the molecule is Clc1cccc(Nc2ccc(Nc3cccc(Cl)c3)nn2)c1. The molecule has 0 radical (unpaired) electrons. The summed E-state index contributed by atoms with van der Waals surface area (Å²) in [6.07, 6.45) is 0. The first-order valence-corrected chi connectivity index (χ1v) is 7.33. The molecule has 3 rings (SSSR count). The molecule has 0 fully saturated rings. The number of nitrogens with zero attached hydrogens (tertiary/aromatic N) is 2. The van der Waals surface area contributed by atoms with Gasteiger partial charge in [-0.05, 0) is 48.5 Å². The summed E-state index contributed by atoms with van der Waals surface area (Å²) in [5.41, 5.74) is 1.72. The Morgan fingerprint density at radius 3 is 1.45 bits per heavy atom. The molecule has 0 spiro atoms. The van der Waals surface area contributed by atoms with E-state index in [9.17, 15) is 0 Å². The van der Waals surface area contributed by atoms with Gasteiger partial charge in [-0.2, -0.15) is 0 Å². The van der Waals surface area contributed by atoms with Crippen molar-refractivity contribution in [1.82, 2.24) is 10.2 Å². The van der Waals surface area contributed by atoms with Crippen molar-refractivity contribution in [2.75, 3.05) is 10.6 Å². The first-order valence-electron chi connectivity index (χ1n) is 6.58. The number of nitrogens with one attached hydrogen (secondary N) is 2. The summed E-state index contributed by atoms with van der Waals surface area (Å²) >= 11 is 11.9. The second-order valence-electron chi connectivity index (χ2n) is 4.57. The first kappa shape index (κ1) is 14.6. The van der Waals surface area contributed by atoms with Crippen LogP contribution in [0, 0.1) is 0 Å². The average Bonchev–Trinajstić information content (AvgIpc) is 2.49. The van der Waals surface area contributed by atoms with Crippen LogP contribution in [-0.2, 0) is 0 Å². The van der Waals surface area contributed by atoms with E-state index in [1.54, 1.807) is 0 Å². The fraction of sp³-hybridized carbons (Fsp3) is 0. The van der Waals surface area contributed by atoms with E-state index in [-0.39, 0.29) is 0 Å². The van der Waals surface area contributed by atoms with Crippen LogP contribution in [0.4, 0.5) is 23.0 Å². The highest BCUT2D eigenvalue weighted by Crippen LogP contribution is 2.21. The summed E-state index contributed by atoms with van der Waals surface area (Å²) in [6, 6.07) is 18.5. The summed E-state index contributed by atoms with van der Waals surface area (Å²) in [4.78, 5) is 0. The number of aromatic nitrogens is 2. The molecule has 0 saturated carbocycles. The maximum atomic E-state index is 5.94. The van der Waals surface area contributed by atoms with Gasteiger partial charge in [0.2, 0.25) is 0 Å². The molecule has 4 nitrogen and oxygen atoms in total. The molecule has 0 aliphatic carbocycles. The largest absolute Gasteiger partial charge is 0.339 e. The molecule has 1 heterocycles. The standard InChI is InChI=1S/C16H12Cl2N4/c17-11-3-1-5-13(9-11)19-15-7-8-16(22-21-15)20-14-6-2-4-12(18)10-14/h1-10H,(H,19,21)(H,20,22). The minimum Gasteiger partial charge on any atom is -0.339 e. The lowest BCUT2D eigenvalue weighted by Gasteiger charge is -2.07. The van der Waals surface area contributed by atoms with Crippen molar-refractivity contribution in [3.63, 3.8) is 0 Å². The van der Waals surface area contributed by atoms with Crippen LogP contribution >= 0.6 is 23.2 Å². The van der Waals surface area contributed by atoms with Gasteiger partial charge in [-0.25, -0.2) is 0 Å². The van der Waals surface area contributed by atoms with Crippen molar-refractivity contribution in [3.8, 4) is 0 Å². The Morgan fingerprint density at radius 1 is 0.636 bits per heavy atom. The molecule has 0 bridgehead atoms. The summed E-state index contributed by atoms with van der Waals surface area (Å²) in [6.45, 7) is 0. The van der Waals surface area contributed by atoms with Crippen LogP contribution in [-0.4, -0.2) is 10.2 Å². The van der Waals surface area contributed by atoms with Crippen LogP contribution in [0.1, 0.15) is 0 Å². The Labute approximate surface area is 138 Å². The maximum Gasteiger partial charge on any atom is 0.153 e. The van der Waals surface area contributed by atoms with E-state index < -0.39 is 0 Å². The Balaban J connectivity index is 1.70. The fourth-order valence-electron chi connectivity index (χ4n) is 1.89. The summed E-state index contributed by atoms with van der Waals surface area (Å²) < 4.78 is 0. The zero-order valence-electron chi connectivity index (χ0n) is 11.4. The van der Waals surface area contributed by atoms with Gasteiger partial charge in [0, 0.05) is 21.4 Å². The second-order valence-corrected chi connectivity index (χ2v) is 5.45.